The van der Waals surface area contributed by atoms with Gasteiger partial charge >= 0.3 is 0 Å². The van der Waals surface area contributed by atoms with Crippen molar-refractivity contribution in [2.45, 2.75) is 31.6 Å². The van der Waals surface area contributed by atoms with E-state index in [1.54, 1.807) is 7.11 Å². The van der Waals surface area contributed by atoms with Gasteiger partial charge in [0.15, 0.2) is 0 Å². The molecule has 1 rings (SSSR count). The maximum atomic E-state index is 5.33. The summed E-state index contributed by atoms with van der Waals surface area (Å²) in [4.78, 5) is 1.25. The minimum atomic E-state index is 0.743. The molecule has 0 heterocycles. The molecule has 1 N–H and O–H groups in total. The molecule has 0 amide bonds. The molecule has 0 aliphatic rings. The van der Waals surface area contributed by atoms with Crippen molar-refractivity contribution in [2.75, 3.05) is 26.0 Å². The van der Waals surface area contributed by atoms with E-state index >= 15 is 0 Å². The fourth-order valence-electron chi connectivity index (χ4n) is 1.66. The molecule has 0 aromatic heterocycles. The molecule has 2 nitrogen and oxygen atoms in total. The molecule has 0 saturated carbocycles. The summed E-state index contributed by atoms with van der Waals surface area (Å²) in [5.74, 6) is 2.89. The quantitative estimate of drug-likeness (QED) is 0.543. The first-order valence-electron chi connectivity index (χ1n) is 6.70. The minimum absolute atomic E-state index is 0.743. The zero-order chi connectivity index (χ0) is 13.2. The lowest BCUT2D eigenvalue weighted by Crippen LogP contribution is -2.20. The molecule has 1 aromatic carbocycles. The Kier molecular flexibility index (Phi) is 7.94. The first kappa shape index (κ1) is 15.4. The predicted octanol–water partition coefficient (Wildman–Crippen LogP) is 3.81. The van der Waals surface area contributed by atoms with E-state index in [0.29, 0.717) is 0 Å². The number of hydrogen-bond donors (Lipinski definition) is 1. The number of unbranched alkanes of at least 4 members (excludes halogenated alkanes) is 1. The highest BCUT2D eigenvalue weighted by Crippen LogP contribution is 2.29. The summed E-state index contributed by atoms with van der Waals surface area (Å²) >= 11 is 1.88. The maximum absolute atomic E-state index is 5.33. The zero-order valence-corrected chi connectivity index (χ0v) is 12.6. The maximum Gasteiger partial charge on any atom is 0.132 e. The van der Waals surface area contributed by atoms with Gasteiger partial charge in [0.2, 0.25) is 0 Å². The van der Waals surface area contributed by atoms with E-state index in [0.717, 1.165) is 30.5 Å². The molecule has 0 aliphatic carbocycles. The van der Waals surface area contributed by atoms with Gasteiger partial charge < -0.3 is 10.1 Å². The summed E-state index contributed by atoms with van der Waals surface area (Å²) in [6, 6.07) is 8.22. The van der Waals surface area contributed by atoms with Crippen molar-refractivity contribution in [1.82, 2.24) is 5.32 Å². The van der Waals surface area contributed by atoms with Crippen LogP contribution in [0, 0.1) is 5.92 Å². The van der Waals surface area contributed by atoms with Crippen LogP contribution >= 0.6 is 11.8 Å². The molecular weight excluding hydrogens is 242 g/mol. The van der Waals surface area contributed by atoms with Crippen molar-refractivity contribution in [3.05, 3.63) is 24.3 Å². The van der Waals surface area contributed by atoms with Gasteiger partial charge in [0.1, 0.15) is 5.75 Å². The van der Waals surface area contributed by atoms with Gasteiger partial charge in [-0.1, -0.05) is 26.0 Å². The van der Waals surface area contributed by atoms with Crippen LogP contribution in [0.25, 0.3) is 0 Å². The Bertz CT molecular complexity index is 328. The number of ether oxygens (including phenoxy) is 1. The number of nitrogens with one attached hydrogen (secondary N) is 1. The van der Waals surface area contributed by atoms with Crippen LogP contribution in [-0.2, 0) is 0 Å². The van der Waals surface area contributed by atoms with Gasteiger partial charge in [-0.15, -0.1) is 11.8 Å². The topological polar surface area (TPSA) is 21.3 Å². The van der Waals surface area contributed by atoms with Crippen molar-refractivity contribution in [3.63, 3.8) is 0 Å². The number of methoxy groups -OCH3 is 1. The van der Waals surface area contributed by atoms with Crippen LogP contribution in [-0.4, -0.2) is 26.0 Å². The second kappa shape index (κ2) is 9.29. The number of para-hydroxylation sites is 1. The Morgan fingerprint density at radius 2 is 2.00 bits per heavy atom. The number of thioether (sulfide) groups is 1. The summed E-state index contributed by atoms with van der Waals surface area (Å²) in [6.07, 6.45) is 2.49. The molecule has 0 fully saturated rings. The Labute approximate surface area is 116 Å². The second-order valence-corrected chi connectivity index (χ2v) is 5.94. The van der Waals surface area contributed by atoms with Crippen molar-refractivity contribution < 1.29 is 4.74 Å². The highest BCUT2D eigenvalue weighted by Gasteiger charge is 2.01. The highest BCUT2D eigenvalue weighted by molar-refractivity contribution is 7.99. The largest absolute Gasteiger partial charge is 0.496 e. The highest BCUT2D eigenvalue weighted by atomic mass is 32.2. The Balaban J connectivity index is 2.10. The summed E-state index contributed by atoms with van der Waals surface area (Å²) in [7, 11) is 1.73. The molecule has 0 atom stereocenters. The molecule has 0 saturated heterocycles. The molecule has 0 bridgehead atoms. The van der Waals surface area contributed by atoms with E-state index in [1.807, 2.05) is 23.9 Å². The van der Waals surface area contributed by atoms with Crippen LogP contribution in [0.4, 0.5) is 0 Å². The molecule has 102 valence electrons. The third-order valence-corrected chi connectivity index (χ3v) is 3.77. The fourth-order valence-corrected chi connectivity index (χ4v) is 2.70. The van der Waals surface area contributed by atoms with Gasteiger partial charge in [-0.25, -0.2) is 0 Å². The predicted molar refractivity (Wildman–Crippen MR) is 80.7 cm³/mol. The Hall–Kier alpha value is -0.670. The van der Waals surface area contributed by atoms with E-state index in [1.165, 1.54) is 17.7 Å². The molecule has 1 aromatic rings. The van der Waals surface area contributed by atoms with Crippen LogP contribution in [0.15, 0.2) is 29.2 Å². The SMILES string of the molecule is COc1ccccc1SCCCCNCC(C)C. The fraction of sp³-hybridized carbons (Fsp3) is 0.600. The van der Waals surface area contributed by atoms with E-state index in [9.17, 15) is 0 Å². The molecule has 3 heteroatoms. The van der Waals surface area contributed by atoms with Crippen LogP contribution in [0.5, 0.6) is 5.75 Å². The molecule has 0 radical (unpaired) electrons. The summed E-state index contributed by atoms with van der Waals surface area (Å²) < 4.78 is 5.33. The Morgan fingerprint density at radius 1 is 1.22 bits per heavy atom. The van der Waals surface area contributed by atoms with Gasteiger partial charge in [0.25, 0.3) is 0 Å². The lowest BCUT2D eigenvalue weighted by Gasteiger charge is -2.08. The van der Waals surface area contributed by atoms with Crippen molar-refractivity contribution in [2.24, 2.45) is 5.92 Å². The average Bonchev–Trinajstić information content (AvgIpc) is 2.37. The average molecular weight is 267 g/mol. The van der Waals surface area contributed by atoms with Gasteiger partial charge in [0, 0.05) is 4.90 Å². The summed E-state index contributed by atoms with van der Waals surface area (Å²) in [6.45, 7) is 6.74. The van der Waals surface area contributed by atoms with E-state index in [-0.39, 0.29) is 0 Å². The minimum Gasteiger partial charge on any atom is -0.496 e. The number of benzene rings is 1. The van der Waals surface area contributed by atoms with Crippen molar-refractivity contribution in [1.29, 1.82) is 0 Å². The lowest BCUT2D eigenvalue weighted by atomic mass is 10.2. The normalized spacial score (nSPS) is 10.9. The smallest absolute Gasteiger partial charge is 0.132 e. The summed E-state index contributed by atoms with van der Waals surface area (Å²) in [5, 5.41) is 3.47. The second-order valence-electron chi connectivity index (χ2n) is 4.80. The first-order chi connectivity index (χ1) is 8.74. The van der Waals surface area contributed by atoms with Crippen LogP contribution in [0.3, 0.4) is 0 Å². The van der Waals surface area contributed by atoms with Crippen LogP contribution < -0.4 is 10.1 Å². The van der Waals surface area contributed by atoms with Gasteiger partial charge in [-0.2, -0.15) is 0 Å². The molecular formula is C15H25NOS. The molecule has 0 spiro atoms. The zero-order valence-electron chi connectivity index (χ0n) is 11.7. The molecule has 18 heavy (non-hydrogen) atoms. The monoisotopic (exact) mass is 267 g/mol. The molecule has 0 aliphatic heterocycles. The van der Waals surface area contributed by atoms with Gasteiger partial charge in [-0.3, -0.25) is 0 Å². The number of hydrogen-bond acceptors (Lipinski definition) is 3. The third kappa shape index (κ3) is 6.31. The van der Waals surface area contributed by atoms with Crippen LogP contribution in [0.1, 0.15) is 26.7 Å². The third-order valence-electron chi connectivity index (χ3n) is 2.63. The van der Waals surface area contributed by atoms with Gasteiger partial charge in [-0.05, 0) is 49.7 Å². The van der Waals surface area contributed by atoms with Crippen molar-refractivity contribution >= 4 is 11.8 Å². The summed E-state index contributed by atoms with van der Waals surface area (Å²) in [5.41, 5.74) is 0. The lowest BCUT2D eigenvalue weighted by molar-refractivity contribution is 0.405. The Morgan fingerprint density at radius 3 is 2.72 bits per heavy atom. The molecule has 0 unspecified atom stereocenters. The van der Waals surface area contributed by atoms with E-state index < -0.39 is 0 Å². The van der Waals surface area contributed by atoms with Crippen LogP contribution in [0.2, 0.25) is 0 Å². The van der Waals surface area contributed by atoms with Crippen molar-refractivity contribution in [3.8, 4) is 5.75 Å². The van der Waals surface area contributed by atoms with E-state index in [4.69, 9.17) is 4.74 Å². The first-order valence-corrected chi connectivity index (χ1v) is 7.69. The number of rotatable bonds is 9. The standard InChI is InChI=1S/C15H25NOS/c1-13(2)12-16-10-6-7-11-18-15-9-5-4-8-14(15)17-3/h4-5,8-9,13,16H,6-7,10-12H2,1-3H3. The van der Waals surface area contributed by atoms with Gasteiger partial charge in [0.05, 0.1) is 7.11 Å². The van der Waals surface area contributed by atoms with E-state index in [2.05, 4.69) is 31.3 Å².